The van der Waals surface area contributed by atoms with Crippen LogP contribution in [0.15, 0.2) is 35.6 Å². The van der Waals surface area contributed by atoms with E-state index in [2.05, 4.69) is 38.2 Å². The van der Waals surface area contributed by atoms with Crippen LogP contribution in [0.5, 0.6) is 0 Å². The summed E-state index contributed by atoms with van der Waals surface area (Å²) in [6.45, 7) is 4.70. The lowest BCUT2D eigenvalue weighted by molar-refractivity contribution is -0.00851. The van der Waals surface area contributed by atoms with Gasteiger partial charge in [0.05, 0.1) is 5.76 Å². The van der Waals surface area contributed by atoms with Crippen LogP contribution in [-0.4, -0.2) is 11.1 Å². The minimum atomic E-state index is 0.0393. The zero-order valence-corrected chi connectivity index (χ0v) is 13.2. The summed E-state index contributed by atoms with van der Waals surface area (Å²) in [4.78, 5) is 0. The number of fused-ring (bicyclic) bond motifs is 5. The smallest absolute Gasteiger partial charge is 0.0944 e. The van der Waals surface area contributed by atoms with Crippen molar-refractivity contribution in [3.8, 4) is 0 Å². The Labute approximate surface area is 127 Å². The van der Waals surface area contributed by atoms with Crippen LogP contribution in [0.1, 0.15) is 46.0 Å². The van der Waals surface area contributed by atoms with E-state index in [1.54, 1.807) is 5.57 Å². The maximum Gasteiger partial charge on any atom is 0.0944 e. The van der Waals surface area contributed by atoms with E-state index in [1.807, 2.05) is 0 Å². The fourth-order valence-electron chi connectivity index (χ4n) is 5.82. The summed E-state index contributed by atoms with van der Waals surface area (Å²) in [6, 6.07) is 0.201. The van der Waals surface area contributed by atoms with E-state index in [0.717, 1.165) is 25.2 Å². The Morgan fingerprint density at radius 3 is 2.81 bits per heavy atom. The second-order valence-corrected chi connectivity index (χ2v) is 8.13. The lowest BCUT2D eigenvalue weighted by Gasteiger charge is -2.55. The van der Waals surface area contributed by atoms with Crippen molar-refractivity contribution in [2.75, 3.05) is 0 Å². The Kier molecular flexibility index (Phi) is 2.76. The van der Waals surface area contributed by atoms with E-state index in [9.17, 15) is 5.11 Å². The van der Waals surface area contributed by atoms with E-state index in [1.165, 1.54) is 12.8 Å². The Morgan fingerprint density at radius 1 is 1.19 bits per heavy atom. The highest BCUT2D eigenvalue weighted by atomic mass is 16.3. The number of hydrogen-bond acceptors (Lipinski definition) is 2. The van der Waals surface area contributed by atoms with Crippen LogP contribution in [0.3, 0.4) is 0 Å². The lowest BCUT2D eigenvalue weighted by atomic mass is 9.49. The molecule has 0 unspecified atom stereocenters. The van der Waals surface area contributed by atoms with Crippen LogP contribution in [0.25, 0.3) is 0 Å². The summed E-state index contributed by atoms with van der Waals surface area (Å²) < 4.78 is 0. The predicted octanol–water partition coefficient (Wildman–Crippen LogP) is 4.10. The summed E-state index contributed by atoms with van der Waals surface area (Å²) in [7, 11) is 0. The van der Waals surface area contributed by atoms with Crippen molar-refractivity contribution in [1.82, 2.24) is 0 Å². The molecule has 114 valence electrons. The Morgan fingerprint density at radius 2 is 2.00 bits per heavy atom. The third kappa shape index (κ3) is 1.69. The third-order valence-corrected chi connectivity index (χ3v) is 7.22. The molecule has 0 heterocycles. The molecule has 6 atom stereocenters. The number of aliphatic hydroxyl groups is 1. The van der Waals surface area contributed by atoms with E-state index in [0.29, 0.717) is 17.6 Å². The quantitative estimate of drug-likeness (QED) is 0.658. The van der Waals surface area contributed by atoms with Gasteiger partial charge in [-0.25, -0.2) is 0 Å². The largest absolute Gasteiger partial charge is 0.512 e. The van der Waals surface area contributed by atoms with Gasteiger partial charge in [-0.2, -0.15) is 0 Å². The molecule has 2 nitrogen and oxygen atoms in total. The fraction of sp³-hybridized carbons (Fsp3) is 0.684. The van der Waals surface area contributed by atoms with E-state index < -0.39 is 0 Å². The Balaban J connectivity index is 1.71. The van der Waals surface area contributed by atoms with E-state index >= 15 is 0 Å². The van der Waals surface area contributed by atoms with Crippen molar-refractivity contribution in [3.05, 3.63) is 35.6 Å². The first kappa shape index (κ1) is 13.6. The van der Waals surface area contributed by atoms with Gasteiger partial charge in [-0.3, -0.25) is 0 Å². The summed E-state index contributed by atoms with van der Waals surface area (Å²) in [5.74, 6) is 2.71. The highest BCUT2D eigenvalue weighted by molar-refractivity contribution is 5.34. The van der Waals surface area contributed by atoms with Gasteiger partial charge in [0, 0.05) is 16.9 Å². The SMILES string of the molecule is C[C@]12C=C[C@H](N)CC1=CC[C@@H]1[C@@H]2CC[C@]2(C)C(O)=CC[C@@H]12. The second kappa shape index (κ2) is 4.25. The molecule has 1 saturated carbocycles. The van der Waals surface area contributed by atoms with Gasteiger partial charge in [-0.15, -0.1) is 0 Å². The minimum Gasteiger partial charge on any atom is -0.512 e. The summed E-state index contributed by atoms with van der Waals surface area (Å²) in [5, 5.41) is 10.3. The lowest BCUT2D eigenvalue weighted by Crippen LogP contribution is -2.49. The first-order valence-electron chi connectivity index (χ1n) is 8.49. The van der Waals surface area contributed by atoms with Crippen LogP contribution >= 0.6 is 0 Å². The average Bonchev–Trinajstić information content (AvgIpc) is 2.76. The van der Waals surface area contributed by atoms with Gasteiger partial charge in [-0.1, -0.05) is 37.6 Å². The molecule has 0 aromatic heterocycles. The van der Waals surface area contributed by atoms with Gasteiger partial charge in [-0.05, 0) is 55.9 Å². The molecular formula is C19H27NO. The molecule has 1 fully saturated rings. The summed E-state index contributed by atoms with van der Waals surface area (Å²) >= 11 is 0. The van der Waals surface area contributed by atoms with E-state index in [4.69, 9.17) is 5.73 Å². The van der Waals surface area contributed by atoms with Gasteiger partial charge >= 0.3 is 0 Å². The van der Waals surface area contributed by atoms with Crippen molar-refractivity contribution in [3.63, 3.8) is 0 Å². The number of aliphatic hydroxyl groups excluding tert-OH is 1. The molecule has 4 rings (SSSR count). The standard InChI is InChI=1S/C19H27NO/c1-18-9-7-13(20)11-12(18)3-4-14-15-5-6-17(21)19(15,2)10-8-16(14)18/h3,6-7,9,13-16,21H,4-5,8,10-11,20H2,1-2H3/t13-,14-,15-,16-,18-,19-/m0/s1. The van der Waals surface area contributed by atoms with Crippen LogP contribution in [0.2, 0.25) is 0 Å². The van der Waals surface area contributed by atoms with Crippen molar-refractivity contribution in [2.45, 2.75) is 52.0 Å². The number of hydrogen-bond donors (Lipinski definition) is 2. The monoisotopic (exact) mass is 285 g/mol. The molecule has 0 radical (unpaired) electrons. The average molecular weight is 285 g/mol. The molecule has 0 bridgehead atoms. The minimum absolute atomic E-state index is 0.0393. The highest BCUT2D eigenvalue weighted by Gasteiger charge is 2.56. The molecule has 3 N–H and O–H groups in total. The highest BCUT2D eigenvalue weighted by Crippen LogP contribution is 2.63. The first-order valence-corrected chi connectivity index (χ1v) is 8.49. The van der Waals surface area contributed by atoms with Gasteiger partial charge < -0.3 is 10.8 Å². The maximum absolute atomic E-state index is 10.3. The summed E-state index contributed by atoms with van der Waals surface area (Å²) in [5.41, 5.74) is 7.94. The van der Waals surface area contributed by atoms with Crippen LogP contribution in [0.4, 0.5) is 0 Å². The molecule has 2 heteroatoms. The Bertz CT molecular complexity index is 560. The summed E-state index contributed by atoms with van der Waals surface area (Å²) in [6.07, 6.45) is 14.8. The second-order valence-electron chi connectivity index (χ2n) is 8.13. The number of rotatable bonds is 0. The molecule has 21 heavy (non-hydrogen) atoms. The zero-order chi connectivity index (χ0) is 14.8. The van der Waals surface area contributed by atoms with Crippen LogP contribution < -0.4 is 5.73 Å². The van der Waals surface area contributed by atoms with Crippen LogP contribution in [0, 0.1) is 28.6 Å². The molecule has 0 amide bonds. The Hall–Kier alpha value is -1.02. The van der Waals surface area contributed by atoms with E-state index in [-0.39, 0.29) is 16.9 Å². The molecule has 4 aliphatic carbocycles. The van der Waals surface area contributed by atoms with Crippen molar-refractivity contribution in [1.29, 1.82) is 0 Å². The number of allylic oxidation sites excluding steroid dienone is 4. The molecule has 0 aliphatic heterocycles. The van der Waals surface area contributed by atoms with Crippen molar-refractivity contribution >= 4 is 0 Å². The molecule has 0 aromatic rings. The molecule has 0 aromatic carbocycles. The predicted molar refractivity (Wildman–Crippen MR) is 85.7 cm³/mol. The normalized spacial score (nSPS) is 51.6. The van der Waals surface area contributed by atoms with Gasteiger partial charge in [0.15, 0.2) is 0 Å². The first-order chi connectivity index (χ1) is 9.95. The molecule has 0 saturated heterocycles. The van der Waals surface area contributed by atoms with Gasteiger partial charge in [0.25, 0.3) is 0 Å². The fourth-order valence-corrected chi connectivity index (χ4v) is 5.82. The molecule has 0 spiro atoms. The number of nitrogens with two attached hydrogens (primary N) is 1. The van der Waals surface area contributed by atoms with Crippen LogP contribution in [-0.2, 0) is 0 Å². The van der Waals surface area contributed by atoms with Crippen molar-refractivity contribution < 1.29 is 5.11 Å². The van der Waals surface area contributed by atoms with Gasteiger partial charge in [0.2, 0.25) is 0 Å². The molecular weight excluding hydrogens is 258 g/mol. The zero-order valence-electron chi connectivity index (χ0n) is 13.2. The topological polar surface area (TPSA) is 46.2 Å². The molecule has 4 aliphatic rings. The van der Waals surface area contributed by atoms with Crippen molar-refractivity contribution in [2.24, 2.45) is 34.3 Å². The van der Waals surface area contributed by atoms with Gasteiger partial charge in [0.1, 0.15) is 0 Å². The third-order valence-electron chi connectivity index (χ3n) is 7.22. The maximum atomic E-state index is 10.3.